The average Bonchev–Trinajstić information content (AvgIpc) is 2.62. The first kappa shape index (κ1) is 15.6. The van der Waals surface area contributed by atoms with E-state index in [-0.39, 0.29) is 24.7 Å². The van der Waals surface area contributed by atoms with Crippen LogP contribution in [0.3, 0.4) is 0 Å². The molecule has 1 heterocycles. The Morgan fingerprint density at radius 2 is 2.05 bits per heavy atom. The van der Waals surface area contributed by atoms with Crippen LogP contribution in [0.15, 0.2) is 13.6 Å². The molecule has 1 atom stereocenters. The molecular weight excluding hydrogens is 280 g/mol. The van der Waals surface area contributed by atoms with E-state index in [1.54, 1.807) is 0 Å². The summed E-state index contributed by atoms with van der Waals surface area (Å²) in [5.41, 5.74) is -1.15. The Bertz CT molecular complexity index is 526. The average molecular weight is 293 g/mol. The molecule has 0 aliphatic rings. The van der Waals surface area contributed by atoms with E-state index >= 15 is 0 Å². The minimum absolute atomic E-state index is 0.0995. The van der Waals surface area contributed by atoms with Crippen LogP contribution in [0.5, 0.6) is 0 Å². The van der Waals surface area contributed by atoms with Crippen LogP contribution >= 0.6 is 0 Å². The fourth-order valence-electron chi connectivity index (χ4n) is 1.09. The van der Waals surface area contributed by atoms with Gasteiger partial charge in [0.1, 0.15) is 0 Å². The molecule has 19 heavy (non-hydrogen) atoms. The highest BCUT2D eigenvalue weighted by Gasteiger charge is 2.30. The maximum Gasteiger partial charge on any atom is 0.519 e. The molecule has 0 aliphatic carbocycles. The summed E-state index contributed by atoms with van der Waals surface area (Å²) in [6, 6.07) is 0. The van der Waals surface area contributed by atoms with Crippen LogP contribution in [0.2, 0.25) is 0 Å². The number of rotatable bonds is 6. The quantitative estimate of drug-likeness (QED) is 0.546. The third-order valence-electron chi connectivity index (χ3n) is 2.24. The molecule has 0 N–H and O–H groups in total. The Morgan fingerprint density at radius 1 is 1.42 bits per heavy atom. The van der Waals surface area contributed by atoms with E-state index in [4.69, 9.17) is 4.74 Å². The molecule has 0 fully saturated rings. The number of carbonyl (C=O) groups excluding carboxylic acids is 1. The summed E-state index contributed by atoms with van der Waals surface area (Å²) in [5, 5.41) is 0. The summed E-state index contributed by atoms with van der Waals surface area (Å²) in [7, 11) is 0. The molecule has 0 aliphatic heterocycles. The van der Waals surface area contributed by atoms with E-state index in [9.17, 15) is 18.4 Å². The lowest BCUT2D eigenvalue weighted by atomic mass is 9.95. The lowest BCUT2D eigenvalue weighted by Crippen LogP contribution is -2.31. The summed E-state index contributed by atoms with van der Waals surface area (Å²) in [5.74, 6) is -1.26. The van der Waals surface area contributed by atoms with E-state index < -0.39 is 28.6 Å². The molecule has 0 bridgehead atoms. The lowest BCUT2D eigenvalue weighted by Gasteiger charge is -2.22. The summed E-state index contributed by atoms with van der Waals surface area (Å²) in [4.78, 5) is 22.5. The summed E-state index contributed by atoms with van der Waals surface area (Å²) < 4.78 is 39.0. The van der Waals surface area contributed by atoms with Gasteiger partial charge in [0.15, 0.2) is 18.1 Å². The van der Waals surface area contributed by atoms with Gasteiger partial charge in [0.05, 0.1) is 23.4 Å². The zero-order chi connectivity index (χ0) is 14.6. The second-order valence-electron chi connectivity index (χ2n) is 4.36. The van der Waals surface area contributed by atoms with E-state index in [1.807, 2.05) is 0 Å². The molecule has 1 unspecified atom stereocenters. The van der Waals surface area contributed by atoms with Crippen LogP contribution in [-0.2, 0) is 31.7 Å². The SMILES string of the molecule is Cc1oc(=O)oc1COC(=O)C(C)(C)COS(=O)[O-]. The number of carbonyl (C=O) groups is 1. The van der Waals surface area contributed by atoms with Crippen LogP contribution in [0, 0.1) is 12.3 Å². The molecule has 1 rings (SSSR count). The standard InChI is InChI=1S/C10H14O8S/c1-6-7(18-9(12)17-6)4-15-8(11)10(2,3)5-16-19(13)14/h4-5H2,1-3H3,(H,13,14)/p-1. The van der Waals surface area contributed by atoms with Crippen molar-refractivity contribution in [1.29, 1.82) is 0 Å². The predicted octanol–water partition coefficient (Wildman–Crippen LogP) is 0.421. The Morgan fingerprint density at radius 3 is 2.53 bits per heavy atom. The Balaban J connectivity index is 2.57. The van der Waals surface area contributed by atoms with Gasteiger partial charge >= 0.3 is 11.8 Å². The Labute approximate surface area is 111 Å². The van der Waals surface area contributed by atoms with Gasteiger partial charge in [0.2, 0.25) is 0 Å². The second kappa shape index (κ2) is 6.13. The largest absolute Gasteiger partial charge is 0.750 e. The zero-order valence-corrected chi connectivity index (χ0v) is 11.4. The molecule has 0 saturated heterocycles. The van der Waals surface area contributed by atoms with Crippen LogP contribution < -0.4 is 5.82 Å². The lowest BCUT2D eigenvalue weighted by molar-refractivity contribution is -0.157. The molecule has 0 aromatic carbocycles. The van der Waals surface area contributed by atoms with Crippen molar-refractivity contribution in [2.24, 2.45) is 5.41 Å². The first-order valence-corrected chi connectivity index (χ1v) is 6.21. The molecule has 108 valence electrons. The summed E-state index contributed by atoms with van der Waals surface area (Å²) in [6.45, 7) is 3.78. The van der Waals surface area contributed by atoms with Crippen molar-refractivity contribution >= 4 is 17.3 Å². The van der Waals surface area contributed by atoms with Crippen molar-refractivity contribution in [1.82, 2.24) is 0 Å². The normalized spacial score (nSPS) is 13.3. The molecule has 0 radical (unpaired) electrons. The maximum absolute atomic E-state index is 11.7. The van der Waals surface area contributed by atoms with Gasteiger partial charge in [0.25, 0.3) is 0 Å². The van der Waals surface area contributed by atoms with Gasteiger partial charge in [-0.25, -0.2) is 9.00 Å². The Kier molecular flexibility index (Phi) is 5.04. The van der Waals surface area contributed by atoms with Crippen LogP contribution in [0.25, 0.3) is 0 Å². The van der Waals surface area contributed by atoms with E-state index in [2.05, 4.69) is 13.0 Å². The smallest absolute Gasteiger partial charge is 0.519 e. The van der Waals surface area contributed by atoms with Crippen molar-refractivity contribution in [2.75, 3.05) is 6.61 Å². The minimum Gasteiger partial charge on any atom is -0.750 e. The van der Waals surface area contributed by atoms with Gasteiger partial charge in [-0.2, -0.15) is 0 Å². The van der Waals surface area contributed by atoms with Gasteiger partial charge < -0.3 is 18.1 Å². The number of hydrogen-bond donors (Lipinski definition) is 0. The van der Waals surface area contributed by atoms with Gasteiger partial charge in [-0.05, 0) is 20.8 Å². The molecule has 9 heteroatoms. The second-order valence-corrected chi connectivity index (χ2v) is 5.00. The molecule has 1 aromatic rings. The van der Waals surface area contributed by atoms with Gasteiger partial charge in [-0.15, -0.1) is 0 Å². The molecule has 0 amide bonds. The molecule has 0 spiro atoms. The van der Waals surface area contributed by atoms with Crippen LogP contribution in [-0.4, -0.2) is 21.3 Å². The summed E-state index contributed by atoms with van der Waals surface area (Å²) >= 11 is -2.70. The number of aryl methyl sites for hydroxylation is 1. The third kappa shape index (κ3) is 4.62. The topological polar surface area (TPSA) is 119 Å². The van der Waals surface area contributed by atoms with Crippen molar-refractivity contribution in [3.8, 4) is 0 Å². The van der Waals surface area contributed by atoms with Crippen molar-refractivity contribution in [3.05, 3.63) is 22.1 Å². The number of hydrogen-bond acceptors (Lipinski definition) is 8. The van der Waals surface area contributed by atoms with E-state index in [0.717, 1.165) is 0 Å². The highest BCUT2D eigenvalue weighted by Crippen LogP contribution is 2.19. The zero-order valence-electron chi connectivity index (χ0n) is 10.6. The van der Waals surface area contributed by atoms with Gasteiger partial charge in [0, 0.05) is 0 Å². The molecule has 0 saturated carbocycles. The van der Waals surface area contributed by atoms with Crippen molar-refractivity contribution < 1.29 is 31.3 Å². The van der Waals surface area contributed by atoms with Crippen LogP contribution in [0.4, 0.5) is 0 Å². The molecule has 1 aromatic heterocycles. The fraction of sp³-hybridized carbons (Fsp3) is 0.600. The fourth-order valence-corrected chi connectivity index (χ4v) is 1.48. The van der Waals surface area contributed by atoms with E-state index in [0.29, 0.717) is 0 Å². The number of esters is 1. The highest BCUT2D eigenvalue weighted by molar-refractivity contribution is 7.74. The van der Waals surface area contributed by atoms with Crippen molar-refractivity contribution in [3.63, 3.8) is 0 Å². The molecule has 8 nitrogen and oxygen atoms in total. The third-order valence-corrected chi connectivity index (χ3v) is 2.55. The van der Waals surface area contributed by atoms with Gasteiger partial charge in [-0.1, -0.05) is 0 Å². The Hall–Kier alpha value is -1.45. The maximum atomic E-state index is 11.7. The first-order valence-electron chi connectivity index (χ1n) is 5.21. The minimum atomic E-state index is -2.70. The van der Waals surface area contributed by atoms with Crippen molar-refractivity contribution in [2.45, 2.75) is 27.4 Å². The van der Waals surface area contributed by atoms with E-state index in [1.165, 1.54) is 20.8 Å². The number of ether oxygens (including phenoxy) is 1. The summed E-state index contributed by atoms with van der Waals surface area (Å²) in [6.07, 6.45) is 0. The predicted molar refractivity (Wildman–Crippen MR) is 60.4 cm³/mol. The highest BCUT2D eigenvalue weighted by atomic mass is 32.2. The van der Waals surface area contributed by atoms with Crippen LogP contribution in [0.1, 0.15) is 25.4 Å². The molecular formula is C10H13O8S-. The van der Waals surface area contributed by atoms with Gasteiger partial charge in [-0.3, -0.25) is 8.98 Å². The first-order chi connectivity index (χ1) is 8.72. The monoisotopic (exact) mass is 293 g/mol.